The van der Waals surface area contributed by atoms with E-state index in [9.17, 15) is 9.18 Å². The van der Waals surface area contributed by atoms with Gasteiger partial charge in [0.1, 0.15) is 5.82 Å². The van der Waals surface area contributed by atoms with E-state index in [1.54, 1.807) is 24.4 Å². The fourth-order valence-electron chi connectivity index (χ4n) is 4.42. The van der Waals surface area contributed by atoms with E-state index >= 15 is 0 Å². The molecule has 0 radical (unpaired) electrons. The van der Waals surface area contributed by atoms with Crippen molar-refractivity contribution in [3.8, 4) is 5.69 Å². The van der Waals surface area contributed by atoms with E-state index in [4.69, 9.17) is 12.2 Å². The third-order valence-electron chi connectivity index (χ3n) is 6.04. The number of anilines is 1. The largest absolute Gasteiger partial charge is 0.352 e. The maximum absolute atomic E-state index is 14.0. The molecule has 0 saturated carbocycles. The number of para-hydroxylation sites is 2. The summed E-state index contributed by atoms with van der Waals surface area (Å²) in [6.45, 7) is 0.361. The minimum Gasteiger partial charge on any atom is -0.352 e. The number of carbonyl (C=O) groups is 1. The normalized spacial score (nSPS) is 17.3. The summed E-state index contributed by atoms with van der Waals surface area (Å²) < 4.78 is 16.1. The Hall–Kier alpha value is -4.04. The van der Waals surface area contributed by atoms with Crippen LogP contribution in [0.4, 0.5) is 10.1 Å². The topological polar surface area (TPSA) is 62.2 Å². The Balaban J connectivity index is 1.44. The van der Waals surface area contributed by atoms with Crippen molar-refractivity contribution >= 4 is 28.9 Å². The van der Waals surface area contributed by atoms with Crippen LogP contribution in [0.1, 0.15) is 29.9 Å². The van der Waals surface area contributed by atoms with Gasteiger partial charge in [0.2, 0.25) is 5.91 Å². The lowest BCUT2D eigenvalue weighted by Crippen LogP contribution is -2.33. The molecule has 1 aliphatic heterocycles. The van der Waals surface area contributed by atoms with Gasteiger partial charge in [0.15, 0.2) is 5.11 Å². The molecule has 2 aromatic carbocycles. The molecule has 3 heterocycles. The summed E-state index contributed by atoms with van der Waals surface area (Å²) in [7, 11) is 0. The van der Waals surface area contributed by atoms with Gasteiger partial charge < -0.3 is 20.1 Å². The number of nitrogens with zero attached hydrogens (tertiary/aromatic N) is 3. The Morgan fingerprint density at radius 1 is 1.00 bits per heavy atom. The number of carbonyl (C=O) groups excluding carboxylic acids is 1. The summed E-state index contributed by atoms with van der Waals surface area (Å²) in [5.41, 5.74) is 3.08. The van der Waals surface area contributed by atoms with E-state index in [-0.39, 0.29) is 30.1 Å². The van der Waals surface area contributed by atoms with Crippen LogP contribution in [0.2, 0.25) is 0 Å². The Morgan fingerprint density at radius 3 is 2.54 bits per heavy atom. The van der Waals surface area contributed by atoms with Gasteiger partial charge in [0, 0.05) is 36.7 Å². The van der Waals surface area contributed by atoms with Gasteiger partial charge in [-0.1, -0.05) is 36.4 Å². The van der Waals surface area contributed by atoms with Crippen molar-refractivity contribution in [2.45, 2.75) is 18.5 Å². The number of halogens is 1. The molecule has 5 rings (SSSR count). The van der Waals surface area contributed by atoms with Gasteiger partial charge in [0.05, 0.1) is 23.5 Å². The van der Waals surface area contributed by atoms with Gasteiger partial charge in [-0.15, -0.1) is 0 Å². The number of hydrogen-bond donors (Lipinski definition) is 2. The van der Waals surface area contributed by atoms with E-state index in [2.05, 4.69) is 26.3 Å². The zero-order valence-corrected chi connectivity index (χ0v) is 19.7. The Kier molecular flexibility index (Phi) is 6.54. The van der Waals surface area contributed by atoms with Crippen LogP contribution in [0.3, 0.4) is 0 Å². The monoisotopic (exact) mass is 485 g/mol. The summed E-state index contributed by atoms with van der Waals surface area (Å²) in [6.07, 6.45) is 3.93. The highest BCUT2D eigenvalue weighted by Crippen LogP contribution is 2.39. The Bertz CT molecular complexity index is 1330. The third kappa shape index (κ3) is 4.79. The predicted octanol–water partition coefficient (Wildman–Crippen LogP) is 5.01. The molecule has 0 spiro atoms. The van der Waals surface area contributed by atoms with Crippen molar-refractivity contribution in [3.63, 3.8) is 0 Å². The number of rotatable bonds is 7. The van der Waals surface area contributed by atoms with Crippen LogP contribution < -0.4 is 10.6 Å². The fourth-order valence-corrected chi connectivity index (χ4v) is 4.76. The molecule has 35 heavy (non-hydrogen) atoms. The highest BCUT2D eigenvalue weighted by molar-refractivity contribution is 7.80. The van der Waals surface area contributed by atoms with Crippen molar-refractivity contribution in [2.24, 2.45) is 0 Å². The van der Waals surface area contributed by atoms with Gasteiger partial charge in [-0.2, -0.15) is 0 Å². The van der Waals surface area contributed by atoms with Gasteiger partial charge in [-0.25, -0.2) is 4.39 Å². The van der Waals surface area contributed by atoms with Crippen LogP contribution in [-0.4, -0.2) is 32.0 Å². The maximum Gasteiger partial charge on any atom is 0.226 e. The smallest absolute Gasteiger partial charge is 0.226 e. The van der Waals surface area contributed by atoms with Gasteiger partial charge in [0.25, 0.3) is 0 Å². The summed E-state index contributed by atoms with van der Waals surface area (Å²) in [6, 6.07) is 25.7. The van der Waals surface area contributed by atoms with Crippen molar-refractivity contribution in [2.75, 3.05) is 11.9 Å². The predicted molar refractivity (Wildman–Crippen MR) is 138 cm³/mol. The maximum atomic E-state index is 14.0. The number of aromatic nitrogens is 2. The van der Waals surface area contributed by atoms with Crippen molar-refractivity contribution in [1.82, 2.24) is 19.8 Å². The van der Waals surface area contributed by atoms with Crippen LogP contribution in [0.5, 0.6) is 0 Å². The van der Waals surface area contributed by atoms with Crippen LogP contribution in [0.25, 0.3) is 5.69 Å². The fraction of sp³-hybridized carbons (Fsp3) is 0.148. The van der Waals surface area contributed by atoms with Gasteiger partial charge >= 0.3 is 0 Å². The lowest BCUT2D eigenvalue weighted by molar-refractivity contribution is -0.116. The van der Waals surface area contributed by atoms with Gasteiger partial charge in [-0.3, -0.25) is 9.78 Å². The Labute approximate surface area is 208 Å². The molecule has 0 aliphatic carbocycles. The number of benzene rings is 2. The summed E-state index contributed by atoms with van der Waals surface area (Å²) in [5, 5.41) is 6.61. The Morgan fingerprint density at radius 2 is 1.77 bits per heavy atom. The van der Waals surface area contributed by atoms with Gasteiger partial charge in [-0.05, 0) is 60.7 Å². The molecule has 4 aromatic rings. The zero-order chi connectivity index (χ0) is 24.2. The first kappa shape index (κ1) is 22.7. The highest BCUT2D eigenvalue weighted by Gasteiger charge is 2.41. The van der Waals surface area contributed by atoms with Crippen molar-refractivity contribution < 1.29 is 9.18 Å². The second-order valence-corrected chi connectivity index (χ2v) is 8.62. The van der Waals surface area contributed by atoms with Crippen molar-refractivity contribution in [3.05, 3.63) is 115 Å². The molecule has 8 heteroatoms. The number of hydrogen-bond acceptors (Lipinski definition) is 3. The average molecular weight is 486 g/mol. The molecule has 0 bridgehead atoms. The minimum atomic E-state index is -0.465. The molecule has 2 aromatic heterocycles. The first-order valence-electron chi connectivity index (χ1n) is 11.4. The van der Waals surface area contributed by atoms with Crippen LogP contribution >= 0.6 is 12.2 Å². The van der Waals surface area contributed by atoms with Crippen LogP contribution in [0, 0.1) is 5.82 Å². The molecule has 1 aliphatic rings. The molecule has 2 atom stereocenters. The summed E-state index contributed by atoms with van der Waals surface area (Å²) in [5.74, 6) is -0.746. The lowest BCUT2D eigenvalue weighted by atomic mass is 10.0. The van der Waals surface area contributed by atoms with Crippen LogP contribution in [0.15, 0.2) is 97.3 Å². The molecule has 1 fully saturated rings. The SMILES string of the molecule is O=C(CCN1C(=S)NC(c2ccccn2)C1c1cccn1-c1ccccc1)Nc1ccccc1F. The second kappa shape index (κ2) is 10.1. The summed E-state index contributed by atoms with van der Waals surface area (Å²) >= 11 is 5.72. The molecule has 176 valence electrons. The van der Waals surface area contributed by atoms with E-state index in [0.717, 1.165) is 17.1 Å². The standard InChI is InChI=1S/C27H24FN5OS/c28-20-11-4-5-12-21(20)30-24(34)15-18-33-26(25(31-27(33)35)22-13-6-7-16-29-22)23-14-8-17-32(23)19-9-2-1-3-10-19/h1-14,16-17,25-26H,15,18H2,(H,30,34)(H,31,35). The first-order valence-corrected chi connectivity index (χ1v) is 11.8. The molecule has 1 saturated heterocycles. The molecule has 6 nitrogen and oxygen atoms in total. The molecule has 1 amide bonds. The second-order valence-electron chi connectivity index (χ2n) is 8.24. The van der Waals surface area contributed by atoms with E-state index in [1.807, 2.05) is 65.7 Å². The quantitative estimate of drug-likeness (QED) is 0.360. The highest BCUT2D eigenvalue weighted by atomic mass is 32.1. The third-order valence-corrected chi connectivity index (χ3v) is 6.40. The first-order chi connectivity index (χ1) is 17.1. The molecular formula is C27H24FN5OS. The van der Waals surface area contributed by atoms with Crippen LogP contribution in [-0.2, 0) is 4.79 Å². The number of nitrogens with one attached hydrogen (secondary N) is 2. The van der Waals surface area contributed by atoms with E-state index < -0.39 is 5.82 Å². The minimum absolute atomic E-state index is 0.146. The average Bonchev–Trinajstić information content (AvgIpc) is 3.49. The lowest BCUT2D eigenvalue weighted by Gasteiger charge is -2.28. The zero-order valence-electron chi connectivity index (χ0n) is 18.8. The summed E-state index contributed by atoms with van der Waals surface area (Å²) in [4.78, 5) is 19.3. The molecular weight excluding hydrogens is 461 g/mol. The number of thiocarbonyl (C=S) groups is 1. The number of amides is 1. The van der Waals surface area contributed by atoms with Crippen molar-refractivity contribution in [1.29, 1.82) is 0 Å². The van der Waals surface area contributed by atoms with E-state index in [0.29, 0.717) is 11.7 Å². The van der Waals surface area contributed by atoms with E-state index in [1.165, 1.54) is 6.07 Å². The number of pyridine rings is 1. The molecule has 2 unspecified atom stereocenters. The molecule has 2 N–H and O–H groups in total.